The molecule has 1 aromatic carbocycles. The van der Waals surface area contributed by atoms with Crippen molar-refractivity contribution in [3.05, 3.63) is 18.2 Å². The molecule has 1 fully saturated rings. The molecule has 1 atom stereocenters. The van der Waals surface area contributed by atoms with Gasteiger partial charge in [0.2, 0.25) is 0 Å². The zero-order valence-electron chi connectivity index (χ0n) is 14.6. The average Bonchev–Trinajstić information content (AvgIpc) is 3.08. The first-order chi connectivity index (χ1) is 11.7. The standard InChI is InChI=1S/C18H28N2O4/c1-3-10-23-16-8-7-14(12-17(16)24-11-4-2)19-18(22)20-9-5-6-15(20)13-21/h7-8,12,15,21H,3-6,9-11,13H2,1-2H3,(H,19,22)/t15-/m1/s1. The van der Waals surface area contributed by atoms with Gasteiger partial charge < -0.3 is 24.8 Å². The Bertz CT molecular complexity index is 536. The number of rotatable bonds is 8. The van der Waals surface area contributed by atoms with Crippen LogP contribution >= 0.6 is 0 Å². The molecule has 2 amide bonds. The molecule has 0 spiro atoms. The monoisotopic (exact) mass is 336 g/mol. The van der Waals surface area contributed by atoms with Gasteiger partial charge in [0, 0.05) is 18.3 Å². The number of ether oxygens (including phenoxy) is 2. The number of aliphatic hydroxyl groups is 1. The number of aliphatic hydroxyl groups excluding tert-OH is 1. The van der Waals surface area contributed by atoms with Crippen LogP contribution in [0, 0.1) is 0 Å². The highest BCUT2D eigenvalue weighted by molar-refractivity contribution is 5.90. The lowest BCUT2D eigenvalue weighted by Crippen LogP contribution is -2.40. The highest BCUT2D eigenvalue weighted by Gasteiger charge is 2.28. The summed E-state index contributed by atoms with van der Waals surface area (Å²) < 4.78 is 11.4. The van der Waals surface area contributed by atoms with E-state index in [1.54, 1.807) is 11.0 Å². The zero-order valence-corrected chi connectivity index (χ0v) is 14.6. The van der Waals surface area contributed by atoms with Gasteiger partial charge in [0.25, 0.3) is 0 Å². The fourth-order valence-electron chi connectivity index (χ4n) is 2.73. The van der Waals surface area contributed by atoms with Crippen molar-refractivity contribution in [1.82, 2.24) is 4.90 Å². The number of nitrogens with zero attached hydrogens (tertiary/aromatic N) is 1. The SMILES string of the molecule is CCCOc1ccc(NC(=O)N2CCC[C@@H]2CO)cc1OCCC. The Morgan fingerprint density at radius 2 is 1.96 bits per heavy atom. The lowest BCUT2D eigenvalue weighted by atomic mass is 10.2. The molecule has 134 valence electrons. The summed E-state index contributed by atoms with van der Waals surface area (Å²) in [6, 6.07) is 5.15. The molecule has 6 heteroatoms. The molecule has 2 rings (SSSR count). The molecule has 1 aromatic rings. The Morgan fingerprint density at radius 3 is 2.62 bits per heavy atom. The summed E-state index contributed by atoms with van der Waals surface area (Å²) in [6.07, 6.45) is 3.59. The van der Waals surface area contributed by atoms with Gasteiger partial charge in [-0.25, -0.2) is 4.79 Å². The summed E-state index contributed by atoms with van der Waals surface area (Å²) in [4.78, 5) is 14.1. The minimum atomic E-state index is -0.185. The number of hydrogen-bond acceptors (Lipinski definition) is 4. The Labute approximate surface area is 143 Å². The molecule has 0 bridgehead atoms. The van der Waals surface area contributed by atoms with Crippen LogP contribution in [0.1, 0.15) is 39.5 Å². The molecule has 1 heterocycles. The van der Waals surface area contributed by atoms with Crippen LogP contribution in [0.3, 0.4) is 0 Å². The normalized spacial score (nSPS) is 17.0. The summed E-state index contributed by atoms with van der Waals surface area (Å²) in [6.45, 7) is 5.99. The summed E-state index contributed by atoms with van der Waals surface area (Å²) in [5.41, 5.74) is 0.665. The average molecular weight is 336 g/mol. The topological polar surface area (TPSA) is 71.0 Å². The van der Waals surface area contributed by atoms with Crippen LogP contribution in [0.2, 0.25) is 0 Å². The van der Waals surface area contributed by atoms with Crippen LogP contribution in [0.4, 0.5) is 10.5 Å². The second-order valence-electron chi connectivity index (χ2n) is 5.96. The molecular weight excluding hydrogens is 308 g/mol. The molecule has 0 saturated carbocycles. The summed E-state index contributed by atoms with van der Waals surface area (Å²) in [5, 5.41) is 12.2. The number of carbonyl (C=O) groups excluding carboxylic acids is 1. The Balaban J connectivity index is 2.07. The van der Waals surface area contributed by atoms with E-state index in [4.69, 9.17) is 9.47 Å². The third-order valence-electron chi connectivity index (χ3n) is 3.97. The van der Waals surface area contributed by atoms with E-state index in [9.17, 15) is 9.90 Å². The largest absolute Gasteiger partial charge is 0.490 e. The predicted molar refractivity (Wildman–Crippen MR) is 93.8 cm³/mol. The Morgan fingerprint density at radius 1 is 1.25 bits per heavy atom. The van der Waals surface area contributed by atoms with Crippen LogP contribution in [0.5, 0.6) is 11.5 Å². The van der Waals surface area contributed by atoms with Crippen LogP contribution in [0.25, 0.3) is 0 Å². The maximum Gasteiger partial charge on any atom is 0.322 e. The molecule has 0 aliphatic carbocycles. The van der Waals surface area contributed by atoms with Crippen molar-refractivity contribution in [3.8, 4) is 11.5 Å². The van der Waals surface area contributed by atoms with Crippen molar-refractivity contribution in [2.24, 2.45) is 0 Å². The first kappa shape index (κ1) is 18.4. The molecule has 0 unspecified atom stereocenters. The van der Waals surface area contributed by atoms with E-state index < -0.39 is 0 Å². The number of benzene rings is 1. The van der Waals surface area contributed by atoms with Gasteiger partial charge in [-0.1, -0.05) is 13.8 Å². The minimum Gasteiger partial charge on any atom is -0.490 e. The third kappa shape index (κ3) is 4.77. The van der Waals surface area contributed by atoms with E-state index in [0.29, 0.717) is 36.9 Å². The van der Waals surface area contributed by atoms with Crippen molar-refractivity contribution < 1.29 is 19.4 Å². The molecule has 1 aliphatic rings. The molecule has 1 aliphatic heterocycles. The highest BCUT2D eigenvalue weighted by Crippen LogP contribution is 2.31. The summed E-state index contributed by atoms with van der Waals surface area (Å²) >= 11 is 0. The van der Waals surface area contributed by atoms with E-state index in [1.807, 2.05) is 19.1 Å². The molecule has 6 nitrogen and oxygen atoms in total. The van der Waals surface area contributed by atoms with E-state index in [2.05, 4.69) is 12.2 Å². The van der Waals surface area contributed by atoms with Crippen molar-refractivity contribution >= 4 is 11.7 Å². The van der Waals surface area contributed by atoms with Gasteiger partial charge in [-0.3, -0.25) is 0 Å². The van der Waals surface area contributed by atoms with Crippen molar-refractivity contribution in [2.75, 3.05) is 31.7 Å². The van der Waals surface area contributed by atoms with Crippen LogP contribution in [-0.4, -0.2) is 48.4 Å². The van der Waals surface area contributed by atoms with Crippen molar-refractivity contribution in [1.29, 1.82) is 0 Å². The quantitative estimate of drug-likeness (QED) is 0.764. The molecule has 24 heavy (non-hydrogen) atoms. The molecule has 0 radical (unpaired) electrons. The maximum absolute atomic E-state index is 12.4. The second-order valence-corrected chi connectivity index (χ2v) is 5.96. The van der Waals surface area contributed by atoms with Gasteiger partial charge in [-0.05, 0) is 37.8 Å². The minimum absolute atomic E-state index is 0.00206. The second kappa shape index (κ2) is 9.37. The van der Waals surface area contributed by atoms with Gasteiger partial charge in [0.1, 0.15) is 0 Å². The number of carbonyl (C=O) groups is 1. The van der Waals surface area contributed by atoms with Crippen LogP contribution < -0.4 is 14.8 Å². The highest BCUT2D eigenvalue weighted by atomic mass is 16.5. The van der Waals surface area contributed by atoms with E-state index in [0.717, 1.165) is 25.7 Å². The van der Waals surface area contributed by atoms with Crippen molar-refractivity contribution in [2.45, 2.75) is 45.6 Å². The summed E-state index contributed by atoms with van der Waals surface area (Å²) in [5.74, 6) is 1.33. The first-order valence-corrected chi connectivity index (χ1v) is 8.77. The first-order valence-electron chi connectivity index (χ1n) is 8.77. The van der Waals surface area contributed by atoms with Gasteiger partial charge >= 0.3 is 6.03 Å². The molecule has 2 N–H and O–H groups in total. The van der Waals surface area contributed by atoms with Gasteiger partial charge in [-0.2, -0.15) is 0 Å². The third-order valence-corrected chi connectivity index (χ3v) is 3.97. The molecular formula is C18H28N2O4. The lowest BCUT2D eigenvalue weighted by Gasteiger charge is -2.23. The molecule has 0 aromatic heterocycles. The smallest absolute Gasteiger partial charge is 0.322 e. The fourth-order valence-corrected chi connectivity index (χ4v) is 2.73. The Hall–Kier alpha value is -1.95. The van der Waals surface area contributed by atoms with E-state index in [1.165, 1.54) is 0 Å². The Kier molecular flexibility index (Phi) is 7.18. The van der Waals surface area contributed by atoms with Gasteiger partial charge in [-0.15, -0.1) is 0 Å². The number of anilines is 1. The van der Waals surface area contributed by atoms with Crippen LogP contribution in [-0.2, 0) is 0 Å². The van der Waals surface area contributed by atoms with Gasteiger partial charge in [0.05, 0.1) is 25.9 Å². The van der Waals surface area contributed by atoms with Gasteiger partial charge in [0.15, 0.2) is 11.5 Å². The number of amides is 2. The summed E-state index contributed by atoms with van der Waals surface area (Å²) in [7, 11) is 0. The number of nitrogens with one attached hydrogen (secondary N) is 1. The van der Waals surface area contributed by atoms with E-state index in [-0.39, 0.29) is 18.7 Å². The number of urea groups is 1. The lowest BCUT2D eigenvalue weighted by molar-refractivity contribution is 0.166. The maximum atomic E-state index is 12.4. The zero-order chi connectivity index (χ0) is 17.4. The van der Waals surface area contributed by atoms with Crippen LogP contribution in [0.15, 0.2) is 18.2 Å². The van der Waals surface area contributed by atoms with Crippen molar-refractivity contribution in [3.63, 3.8) is 0 Å². The molecule has 1 saturated heterocycles. The number of likely N-dealkylation sites (tertiary alicyclic amines) is 1. The number of hydrogen-bond donors (Lipinski definition) is 2. The predicted octanol–water partition coefficient (Wildman–Crippen LogP) is 3.25. The van der Waals surface area contributed by atoms with E-state index >= 15 is 0 Å². The fraction of sp³-hybridized carbons (Fsp3) is 0.611.